The van der Waals surface area contributed by atoms with Gasteiger partial charge in [0.05, 0.1) is 25.1 Å². The highest BCUT2D eigenvalue weighted by atomic mass is 32.2. The van der Waals surface area contributed by atoms with E-state index in [9.17, 15) is 9.18 Å². The quantitative estimate of drug-likeness (QED) is 0.470. The lowest BCUT2D eigenvalue weighted by atomic mass is 10.1. The van der Waals surface area contributed by atoms with Crippen LogP contribution >= 0.6 is 11.8 Å². The van der Waals surface area contributed by atoms with Crippen molar-refractivity contribution in [1.29, 1.82) is 0 Å². The molecule has 2 heterocycles. The summed E-state index contributed by atoms with van der Waals surface area (Å²) in [4.78, 5) is 14.1. The normalized spacial score (nSPS) is 12.7. The highest BCUT2D eigenvalue weighted by Gasteiger charge is 2.21. The van der Waals surface area contributed by atoms with Crippen molar-refractivity contribution >= 4 is 29.6 Å². The van der Waals surface area contributed by atoms with Crippen LogP contribution in [0.15, 0.2) is 58.8 Å². The van der Waals surface area contributed by atoms with Gasteiger partial charge in [-0.05, 0) is 24.3 Å². The molecule has 0 aliphatic carbocycles. The van der Waals surface area contributed by atoms with Gasteiger partial charge < -0.3 is 9.64 Å². The summed E-state index contributed by atoms with van der Waals surface area (Å²) in [5.74, 6) is 1.02. The van der Waals surface area contributed by atoms with E-state index in [1.807, 2.05) is 0 Å². The highest BCUT2D eigenvalue weighted by Crippen LogP contribution is 2.25. The van der Waals surface area contributed by atoms with Crippen molar-refractivity contribution in [3.8, 4) is 5.75 Å². The van der Waals surface area contributed by atoms with Gasteiger partial charge in [-0.1, -0.05) is 36.0 Å². The molecule has 0 bridgehead atoms. The number of thioether (sulfide) groups is 1. The van der Waals surface area contributed by atoms with Crippen molar-refractivity contribution in [2.24, 2.45) is 5.10 Å². The number of fused-ring (bicyclic) bond motifs is 1. The predicted molar refractivity (Wildman–Crippen MR) is 105 cm³/mol. The van der Waals surface area contributed by atoms with Crippen molar-refractivity contribution < 1.29 is 13.9 Å². The number of aromatic nitrogens is 3. The fraction of sp³-hybridized carbons (Fsp3) is 0.158. The first-order valence-electron chi connectivity index (χ1n) is 8.45. The Balaban J connectivity index is 1.46. The van der Waals surface area contributed by atoms with Crippen LogP contribution in [0.4, 0.5) is 10.1 Å². The number of ether oxygens (including phenoxy) is 1. The van der Waals surface area contributed by atoms with Crippen LogP contribution in [0.25, 0.3) is 0 Å². The summed E-state index contributed by atoms with van der Waals surface area (Å²) in [7, 11) is 1.56. The molecule has 7 nitrogen and oxygen atoms in total. The van der Waals surface area contributed by atoms with Gasteiger partial charge in [0.15, 0.2) is 11.6 Å². The zero-order chi connectivity index (χ0) is 19.5. The van der Waals surface area contributed by atoms with Crippen LogP contribution in [-0.4, -0.2) is 39.9 Å². The second-order valence-corrected chi connectivity index (χ2v) is 6.91. The Kier molecular flexibility index (Phi) is 5.07. The Morgan fingerprint density at radius 2 is 2.07 bits per heavy atom. The minimum Gasteiger partial charge on any atom is -0.497 e. The second kappa shape index (κ2) is 7.81. The number of benzene rings is 2. The first kappa shape index (κ1) is 18.2. The summed E-state index contributed by atoms with van der Waals surface area (Å²) in [6.45, 7) is 0.335. The number of anilines is 1. The first-order chi connectivity index (χ1) is 13.7. The van der Waals surface area contributed by atoms with Crippen LogP contribution in [0, 0.1) is 5.82 Å². The van der Waals surface area contributed by atoms with E-state index in [4.69, 9.17) is 4.74 Å². The fourth-order valence-electron chi connectivity index (χ4n) is 2.75. The van der Waals surface area contributed by atoms with Crippen LogP contribution in [0.3, 0.4) is 0 Å². The minimum atomic E-state index is -0.333. The number of hydrogen-bond acceptors (Lipinski definition) is 7. The van der Waals surface area contributed by atoms with Crippen molar-refractivity contribution in [2.75, 3.05) is 17.8 Å². The standard InChI is InChI=1S/C19H16FN5O2S/c1-27-14-6-4-5-13(9-14)17(26)11-28-19-23-22-18-10-24(12-21-25(18)19)16-8-3-2-7-15(16)20/h2-9,12H,10-11H2,1H3. The molecule has 2 aromatic carbocycles. The van der Waals surface area contributed by atoms with Crippen molar-refractivity contribution in [1.82, 2.24) is 14.9 Å². The Morgan fingerprint density at radius 1 is 1.21 bits per heavy atom. The third-order valence-corrected chi connectivity index (χ3v) is 5.10. The van der Waals surface area contributed by atoms with Crippen molar-refractivity contribution in [3.05, 3.63) is 65.7 Å². The molecule has 0 atom stereocenters. The first-order valence-corrected chi connectivity index (χ1v) is 9.44. The van der Waals surface area contributed by atoms with Gasteiger partial charge in [-0.25, -0.2) is 4.39 Å². The van der Waals surface area contributed by atoms with Crippen LogP contribution in [-0.2, 0) is 6.54 Å². The molecule has 1 aliphatic rings. The molecule has 3 aromatic rings. The van der Waals surface area contributed by atoms with Gasteiger partial charge >= 0.3 is 0 Å². The highest BCUT2D eigenvalue weighted by molar-refractivity contribution is 7.99. The Labute approximate surface area is 164 Å². The van der Waals surface area contributed by atoms with Gasteiger partial charge in [0.1, 0.15) is 17.9 Å². The van der Waals surface area contributed by atoms with Crippen LogP contribution in [0.1, 0.15) is 16.2 Å². The molecule has 142 valence electrons. The number of nitrogens with zero attached hydrogens (tertiary/aromatic N) is 5. The van der Waals surface area contributed by atoms with Crippen molar-refractivity contribution in [3.63, 3.8) is 0 Å². The van der Waals surface area contributed by atoms with E-state index in [0.29, 0.717) is 34.5 Å². The molecule has 0 saturated carbocycles. The van der Waals surface area contributed by atoms with E-state index in [0.717, 1.165) is 0 Å². The summed E-state index contributed by atoms with van der Waals surface area (Å²) in [5.41, 5.74) is 0.988. The Bertz CT molecular complexity index is 1050. The van der Waals surface area contributed by atoms with Gasteiger partial charge in [-0.2, -0.15) is 9.78 Å². The van der Waals surface area contributed by atoms with Crippen LogP contribution in [0.5, 0.6) is 5.75 Å². The zero-order valence-corrected chi connectivity index (χ0v) is 15.8. The van der Waals surface area contributed by atoms with Gasteiger partial charge in [-0.15, -0.1) is 10.2 Å². The summed E-state index contributed by atoms with van der Waals surface area (Å²) in [6, 6.07) is 13.5. The molecule has 0 fully saturated rings. The number of ketones is 1. The van der Waals surface area contributed by atoms with Gasteiger partial charge in [0, 0.05) is 5.56 Å². The third kappa shape index (κ3) is 3.61. The molecule has 0 spiro atoms. The second-order valence-electron chi connectivity index (χ2n) is 5.96. The van der Waals surface area contributed by atoms with Crippen LogP contribution < -0.4 is 9.64 Å². The number of halogens is 1. The number of para-hydroxylation sites is 1. The number of carbonyl (C=O) groups is 1. The molecule has 0 unspecified atom stereocenters. The maximum Gasteiger partial charge on any atom is 0.212 e. The fourth-order valence-corrected chi connectivity index (χ4v) is 3.55. The molecule has 28 heavy (non-hydrogen) atoms. The smallest absolute Gasteiger partial charge is 0.212 e. The lowest BCUT2D eigenvalue weighted by Gasteiger charge is -2.22. The summed E-state index contributed by atoms with van der Waals surface area (Å²) in [5, 5.41) is 13.0. The van der Waals surface area contributed by atoms with Crippen molar-refractivity contribution in [2.45, 2.75) is 11.7 Å². The molecular weight excluding hydrogens is 381 g/mol. The average Bonchev–Trinajstić information content (AvgIpc) is 3.14. The number of carbonyl (C=O) groups excluding carboxylic acids is 1. The lowest BCUT2D eigenvalue weighted by molar-refractivity contribution is 0.102. The maximum atomic E-state index is 14.0. The third-order valence-electron chi connectivity index (χ3n) is 4.18. The van der Waals surface area contributed by atoms with E-state index in [2.05, 4.69) is 15.3 Å². The molecule has 1 aromatic heterocycles. The Hall–Kier alpha value is -3.20. The van der Waals surface area contributed by atoms with Gasteiger partial charge in [-0.3, -0.25) is 4.79 Å². The Morgan fingerprint density at radius 3 is 2.89 bits per heavy atom. The monoisotopic (exact) mass is 397 g/mol. The zero-order valence-electron chi connectivity index (χ0n) is 14.9. The number of Topliss-reactive ketones (excluding diaryl/α,β-unsaturated/α-hetero) is 1. The van der Waals surface area contributed by atoms with Gasteiger partial charge in [0.2, 0.25) is 5.16 Å². The minimum absolute atomic E-state index is 0.0472. The molecule has 4 rings (SSSR count). The van der Waals surface area contributed by atoms with E-state index in [1.54, 1.807) is 59.2 Å². The molecular formula is C19H16FN5O2S. The lowest BCUT2D eigenvalue weighted by Crippen LogP contribution is -2.28. The predicted octanol–water partition coefficient (Wildman–Crippen LogP) is 3.21. The SMILES string of the molecule is COc1cccc(C(=O)CSc2nnc3n2N=CN(c2ccccc2F)C3)c1. The van der Waals surface area contributed by atoms with E-state index < -0.39 is 0 Å². The maximum absolute atomic E-state index is 14.0. The largest absolute Gasteiger partial charge is 0.497 e. The summed E-state index contributed by atoms with van der Waals surface area (Å²) < 4.78 is 20.7. The molecule has 0 radical (unpaired) electrons. The number of methoxy groups -OCH3 is 1. The summed E-state index contributed by atoms with van der Waals surface area (Å²) >= 11 is 1.25. The number of hydrogen-bond donors (Lipinski definition) is 0. The molecule has 0 N–H and O–H groups in total. The molecule has 1 aliphatic heterocycles. The summed E-state index contributed by atoms with van der Waals surface area (Å²) in [6.07, 6.45) is 1.53. The van der Waals surface area contributed by atoms with E-state index in [1.165, 1.54) is 24.2 Å². The van der Waals surface area contributed by atoms with E-state index in [-0.39, 0.29) is 17.4 Å². The van der Waals surface area contributed by atoms with E-state index >= 15 is 0 Å². The average molecular weight is 397 g/mol. The molecule has 0 saturated heterocycles. The number of rotatable bonds is 6. The molecule has 0 amide bonds. The van der Waals surface area contributed by atoms with Crippen LogP contribution in [0.2, 0.25) is 0 Å². The topological polar surface area (TPSA) is 72.6 Å². The van der Waals surface area contributed by atoms with Gasteiger partial charge in [0.25, 0.3) is 0 Å². The molecule has 9 heteroatoms.